The van der Waals surface area contributed by atoms with Gasteiger partial charge in [0.05, 0.1) is 6.54 Å². The molecule has 2 N–H and O–H groups in total. The minimum atomic E-state index is 0.0491. The van der Waals surface area contributed by atoms with Crippen molar-refractivity contribution in [1.29, 1.82) is 0 Å². The first-order valence-electron chi connectivity index (χ1n) is 4.31. The second kappa shape index (κ2) is 5.72. The summed E-state index contributed by atoms with van der Waals surface area (Å²) >= 11 is 1.64. The highest BCUT2D eigenvalue weighted by Gasteiger charge is 1.99. The van der Waals surface area contributed by atoms with E-state index in [2.05, 4.69) is 10.6 Å². The third kappa shape index (κ3) is 4.05. The van der Waals surface area contributed by atoms with Crippen molar-refractivity contribution >= 4 is 17.2 Å². The number of amides is 1. The van der Waals surface area contributed by atoms with E-state index in [-0.39, 0.29) is 5.91 Å². The average Bonchev–Trinajstić information content (AvgIpc) is 2.64. The maximum Gasteiger partial charge on any atom is 0.234 e. The van der Waals surface area contributed by atoms with Crippen LogP contribution in [0.4, 0.5) is 0 Å². The number of carbonyl (C=O) groups is 1. The summed E-state index contributed by atoms with van der Waals surface area (Å²) < 4.78 is 0. The second-order valence-corrected chi connectivity index (χ2v) is 3.47. The van der Waals surface area contributed by atoms with Crippen molar-refractivity contribution in [3.8, 4) is 0 Å². The van der Waals surface area contributed by atoms with E-state index in [1.807, 2.05) is 23.8 Å². The number of thiophene rings is 1. The molecule has 4 heteroatoms. The molecule has 1 heterocycles. The molecule has 1 rings (SSSR count). The van der Waals surface area contributed by atoms with Crippen molar-refractivity contribution in [2.24, 2.45) is 0 Å². The van der Waals surface area contributed by atoms with Gasteiger partial charge in [0, 0.05) is 6.54 Å². The Morgan fingerprint density at radius 3 is 3.08 bits per heavy atom. The van der Waals surface area contributed by atoms with Gasteiger partial charge in [-0.1, -0.05) is 6.92 Å². The van der Waals surface area contributed by atoms with E-state index in [4.69, 9.17) is 0 Å². The van der Waals surface area contributed by atoms with Crippen LogP contribution < -0.4 is 10.6 Å². The van der Waals surface area contributed by atoms with Gasteiger partial charge < -0.3 is 10.6 Å². The summed E-state index contributed by atoms with van der Waals surface area (Å²) in [7, 11) is 0. The monoisotopic (exact) mass is 198 g/mol. The number of carbonyl (C=O) groups excluding carboxylic acids is 1. The summed E-state index contributed by atoms with van der Waals surface area (Å²) in [6.45, 7) is 3.84. The molecule has 0 bridgehead atoms. The molecule has 0 aliphatic carbocycles. The number of rotatable bonds is 5. The zero-order valence-corrected chi connectivity index (χ0v) is 8.49. The van der Waals surface area contributed by atoms with Crippen LogP contribution in [0.15, 0.2) is 16.8 Å². The van der Waals surface area contributed by atoms with Gasteiger partial charge in [-0.05, 0) is 28.9 Å². The van der Waals surface area contributed by atoms with Gasteiger partial charge in [0.15, 0.2) is 0 Å². The first-order chi connectivity index (χ1) is 6.33. The zero-order chi connectivity index (χ0) is 9.52. The molecule has 0 unspecified atom stereocenters. The van der Waals surface area contributed by atoms with Crippen LogP contribution in [0.2, 0.25) is 0 Å². The van der Waals surface area contributed by atoms with Gasteiger partial charge in [0.25, 0.3) is 0 Å². The predicted molar refractivity (Wildman–Crippen MR) is 54.7 cm³/mol. The van der Waals surface area contributed by atoms with Gasteiger partial charge in [-0.2, -0.15) is 11.3 Å². The molecule has 0 spiro atoms. The maximum atomic E-state index is 11.1. The summed E-state index contributed by atoms with van der Waals surface area (Å²) in [6.07, 6.45) is 0. The summed E-state index contributed by atoms with van der Waals surface area (Å²) in [4.78, 5) is 11.1. The maximum absolute atomic E-state index is 11.1. The van der Waals surface area contributed by atoms with Crippen LogP contribution in [0.3, 0.4) is 0 Å². The molecule has 13 heavy (non-hydrogen) atoms. The molecule has 72 valence electrons. The average molecular weight is 198 g/mol. The number of hydrogen-bond acceptors (Lipinski definition) is 3. The van der Waals surface area contributed by atoms with Gasteiger partial charge in [0.1, 0.15) is 0 Å². The largest absolute Gasteiger partial charge is 0.351 e. The third-order valence-electron chi connectivity index (χ3n) is 1.61. The summed E-state index contributed by atoms with van der Waals surface area (Å²) in [5.74, 6) is 0.0491. The topological polar surface area (TPSA) is 41.1 Å². The first-order valence-corrected chi connectivity index (χ1v) is 5.25. The molecule has 1 aromatic rings. The Morgan fingerprint density at radius 2 is 2.46 bits per heavy atom. The molecule has 0 aliphatic heterocycles. The van der Waals surface area contributed by atoms with E-state index in [9.17, 15) is 4.79 Å². The van der Waals surface area contributed by atoms with Crippen molar-refractivity contribution in [2.45, 2.75) is 13.5 Å². The highest BCUT2D eigenvalue weighted by atomic mass is 32.1. The van der Waals surface area contributed by atoms with Crippen molar-refractivity contribution in [3.63, 3.8) is 0 Å². The molecule has 0 atom stereocenters. The lowest BCUT2D eigenvalue weighted by molar-refractivity contribution is -0.120. The van der Waals surface area contributed by atoms with Crippen molar-refractivity contribution in [1.82, 2.24) is 10.6 Å². The van der Waals surface area contributed by atoms with Crippen LogP contribution in [-0.2, 0) is 11.3 Å². The number of hydrogen-bond donors (Lipinski definition) is 2. The normalized spacial score (nSPS) is 9.92. The predicted octanol–water partition coefficient (Wildman–Crippen LogP) is 0.974. The smallest absolute Gasteiger partial charge is 0.234 e. The standard InChI is InChI=1S/C9H14N2OS/c1-2-10-6-9(12)11-5-8-3-4-13-7-8/h3-4,7,10H,2,5-6H2,1H3,(H,11,12). The van der Waals surface area contributed by atoms with Crippen molar-refractivity contribution in [2.75, 3.05) is 13.1 Å². The van der Waals surface area contributed by atoms with Gasteiger partial charge in [-0.3, -0.25) is 4.79 Å². The SMILES string of the molecule is CCNCC(=O)NCc1ccsc1. The van der Waals surface area contributed by atoms with E-state index in [1.54, 1.807) is 11.3 Å². The number of likely N-dealkylation sites (N-methyl/N-ethyl adjacent to an activating group) is 1. The van der Waals surface area contributed by atoms with Crippen molar-refractivity contribution in [3.05, 3.63) is 22.4 Å². The fraction of sp³-hybridized carbons (Fsp3) is 0.444. The molecule has 1 aromatic heterocycles. The van der Waals surface area contributed by atoms with Gasteiger partial charge >= 0.3 is 0 Å². The van der Waals surface area contributed by atoms with Crippen LogP contribution in [0.5, 0.6) is 0 Å². The Kier molecular flexibility index (Phi) is 4.49. The van der Waals surface area contributed by atoms with E-state index in [1.165, 1.54) is 0 Å². The van der Waals surface area contributed by atoms with E-state index >= 15 is 0 Å². The first kappa shape index (κ1) is 10.2. The fourth-order valence-corrected chi connectivity index (χ4v) is 1.56. The Morgan fingerprint density at radius 1 is 1.62 bits per heavy atom. The Balaban J connectivity index is 2.15. The van der Waals surface area contributed by atoms with E-state index in [0.29, 0.717) is 13.1 Å². The van der Waals surface area contributed by atoms with E-state index in [0.717, 1.165) is 12.1 Å². The lowest BCUT2D eigenvalue weighted by Crippen LogP contribution is -2.33. The summed E-state index contributed by atoms with van der Waals surface area (Å²) in [5, 5.41) is 9.83. The minimum absolute atomic E-state index is 0.0491. The number of nitrogens with one attached hydrogen (secondary N) is 2. The van der Waals surface area contributed by atoms with Crippen LogP contribution >= 0.6 is 11.3 Å². The minimum Gasteiger partial charge on any atom is -0.351 e. The molecule has 0 radical (unpaired) electrons. The Hall–Kier alpha value is -0.870. The molecule has 1 amide bonds. The van der Waals surface area contributed by atoms with E-state index < -0.39 is 0 Å². The van der Waals surface area contributed by atoms with Gasteiger partial charge in [-0.25, -0.2) is 0 Å². The van der Waals surface area contributed by atoms with Crippen LogP contribution in [0.1, 0.15) is 12.5 Å². The highest BCUT2D eigenvalue weighted by Crippen LogP contribution is 2.04. The lowest BCUT2D eigenvalue weighted by atomic mass is 10.3. The summed E-state index contributed by atoms with van der Waals surface area (Å²) in [6, 6.07) is 2.01. The Labute approximate surface area is 82.2 Å². The molecular weight excluding hydrogens is 184 g/mol. The summed E-state index contributed by atoms with van der Waals surface area (Å²) in [5.41, 5.74) is 1.16. The highest BCUT2D eigenvalue weighted by molar-refractivity contribution is 7.07. The van der Waals surface area contributed by atoms with Crippen LogP contribution in [-0.4, -0.2) is 19.0 Å². The molecule has 3 nitrogen and oxygen atoms in total. The molecule has 0 saturated carbocycles. The molecule has 0 saturated heterocycles. The van der Waals surface area contributed by atoms with Gasteiger partial charge in [0.2, 0.25) is 5.91 Å². The fourth-order valence-electron chi connectivity index (χ4n) is 0.895. The molecule has 0 fully saturated rings. The molecular formula is C9H14N2OS. The van der Waals surface area contributed by atoms with Crippen molar-refractivity contribution < 1.29 is 4.79 Å². The molecule has 0 aromatic carbocycles. The molecule has 0 aliphatic rings. The zero-order valence-electron chi connectivity index (χ0n) is 7.67. The second-order valence-electron chi connectivity index (χ2n) is 2.69. The van der Waals surface area contributed by atoms with Gasteiger partial charge in [-0.15, -0.1) is 0 Å². The van der Waals surface area contributed by atoms with Crippen LogP contribution in [0.25, 0.3) is 0 Å². The Bertz CT molecular complexity index is 246. The lowest BCUT2D eigenvalue weighted by Gasteiger charge is -2.03. The third-order valence-corrected chi connectivity index (χ3v) is 2.34. The quantitative estimate of drug-likeness (QED) is 0.740. The van der Waals surface area contributed by atoms with Crippen LogP contribution in [0, 0.1) is 0 Å².